The fourth-order valence-corrected chi connectivity index (χ4v) is 4.38. The topological polar surface area (TPSA) is 37.4 Å². The van der Waals surface area contributed by atoms with Crippen LogP contribution in [0.15, 0.2) is 53.4 Å². The number of hydrogen-bond acceptors (Lipinski definition) is 3. The van der Waals surface area contributed by atoms with Gasteiger partial charge in [0.15, 0.2) is 0 Å². The lowest BCUT2D eigenvalue weighted by molar-refractivity contribution is -0.136. The molecule has 0 saturated heterocycles. The van der Waals surface area contributed by atoms with Crippen molar-refractivity contribution in [1.29, 1.82) is 0 Å². The minimum atomic E-state index is -0.153. The van der Waals surface area contributed by atoms with Crippen LogP contribution < -0.4 is 0 Å². The van der Waals surface area contributed by atoms with Crippen molar-refractivity contribution in [2.24, 2.45) is 0 Å². The summed E-state index contributed by atoms with van der Waals surface area (Å²) in [7, 11) is 0. The Morgan fingerprint density at radius 2 is 1.64 bits per heavy atom. The minimum Gasteiger partial charge on any atom is -0.274 e. The molecule has 146 valence electrons. The zero-order chi connectivity index (χ0) is 20.1. The van der Waals surface area contributed by atoms with Gasteiger partial charge in [0, 0.05) is 12.3 Å². The highest BCUT2D eigenvalue weighted by atomic mass is 32.2. The first-order chi connectivity index (χ1) is 13.5. The van der Waals surface area contributed by atoms with Crippen LogP contribution in [0.25, 0.3) is 5.57 Å². The lowest BCUT2D eigenvalue weighted by Crippen LogP contribution is -2.32. The predicted molar refractivity (Wildman–Crippen MR) is 117 cm³/mol. The van der Waals surface area contributed by atoms with E-state index in [1.807, 2.05) is 55.5 Å². The molecule has 0 bridgehead atoms. The second-order valence-electron chi connectivity index (χ2n) is 7.25. The molecule has 2 aromatic carbocycles. The molecule has 1 aliphatic rings. The molecule has 3 nitrogen and oxygen atoms in total. The molecule has 0 saturated carbocycles. The van der Waals surface area contributed by atoms with Crippen molar-refractivity contribution in [1.82, 2.24) is 4.90 Å². The van der Waals surface area contributed by atoms with Gasteiger partial charge < -0.3 is 0 Å². The van der Waals surface area contributed by atoms with Crippen molar-refractivity contribution in [3.05, 3.63) is 75.7 Å². The van der Waals surface area contributed by atoms with Crippen molar-refractivity contribution in [2.75, 3.05) is 6.54 Å². The average molecular weight is 394 g/mol. The minimum absolute atomic E-state index is 0.143. The molecule has 28 heavy (non-hydrogen) atoms. The number of carbonyl (C=O) groups excluding carboxylic acids is 2. The van der Waals surface area contributed by atoms with Crippen LogP contribution in [0.5, 0.6) is 0 Å². The first kappa shape index (κ1) is 20.4. The lowest BCUT2D eigenvalue weighted by atomic mass is 10.0. The molecule has 1 heterocycles. The summed E-state index contributed by atoms with van der Waals surface area (Å²) in [5, 5.41) is 0. The van der Waals surface area contributed by atoms with Crippen molar-refractivity contribution >= 4 is 29.1 Å². The monoisotopic (exact) mass is 393 g/mol. The Bertz CT molecular complexity index is 902. The Kier molecular flexibility index (Phi) is 6.74. The van der Waals surface area contributed by atoms with Crippen LogP contribution in [0.3, 0.4) is 0 Å². The SMILES string of the molecule is CCCCCN1C(=O)C(SCc2ccccc2)=C(c2ccc(C)c(C)c2)C1=O. The van der Waals surface area contributed by atoms with E-state index in [9.17, 15) is 9.59 Å². The quantitative estimate of drug-likeness (QED) is 0.438. The van der Waals surface area contributed by atoms with Gasteiger partial charge in [0.05, 0.1) is 10.5 Å². The number of rotatable bonds is 8. The molecule has 0 spiro atoms. The molecule has 4 heteroatoms. The molecule has 1 aliphatic heterocycles. The summed E-state index contributed by atoms with van der Waals surface area (Å²) in [6, 6.07) is 16.1. The summed E-state index contributed by atoms with van der Waals surface area (Å²) in [5.74, 6) is 0.377. The van der Waals surface area contributed by atoms with Gasteiger partial charge >= 0.3 is 0 Å². The van der Waals surface area contributed by atoms with E-state index < -0.39 is 0 Å². The van der Waals surface area contributed by atoms with Crippen LogP contribution in [0.1, 0.15) is 48.4 Å². The Labute approximate surface area is 171 Å². The second-order valence-corrected chi connectivity index (χ2v) is 8.23. The number of amides is 2. The van der Waals surface area contributed by atoms with Gasteiger partial charge in [-0.25, -0.2) is 0 Å². The van der Waals surface area contributed by atoms with Gasteiger partial charge in [0.2, 0.25) is 0 Å². The molecule has 0 fully saturated rings. The van der Waals surface area contributed by atoms with E-state index in [-0.39, 0.29) is 11.8 Å². The fourth-order valence-electron chi connectivity index (χ4n) is 3.29. The van der Waals surface area contributed by atoms with Crippen LogP contribution in [-0.2, 0) is 15.3 Å². The highest BCUT2D eigenvalue weighted by molar-refractivity contribution is 8.03. The van der Waals surface area contributed by atoms with Crippen molar-refractivity contribution in [3.8, 4) is 0 Å². The number of aryl methyl sites for hydroxylation is 2. The van der Waals surface area contributed by atoms with E-state index in [0.29, 0.717) is 22.8 Å². The highest BCUT2D eigenvalue weighted by Crippen LogP contribution is 2.38. The summed E-state index contributed by atoms with van der Waals surface area (Å²) >= 11 is 1.47. The lowest BCUT2D eigenvalue weighted by Gasteiger charge is -2.14. The summed E-state index contributed by atoms with van der Waals surface area (Å²) in [4.78, 5) is 28.3. The molecule has 3 rings (SSSR count). The molecule has 0 aliphatic carbocycles. The Hall–Kier alpha value is -2.33. The average Bonchev–Trinajstić information content (AvgIpc) is 2.93. The standard InChI is InChI=1S/C24H27NO2S/c1-4-5-9-14-25-23(26)21(20-13-12-17(2)18(3)15-20)22(24(25)27)28-16-19-10-7-6-8-11-19/h6-8,10-13,15H,4-5,9,14,16H2,1-3H3. The molecule has 0 aromatic heterocycles. The van der Waals surface area contributed by atoms with Gasteiger partial charge in [0.25, 0.3) is 11.8 Å². The van der Waals surface area contributed by atoms with E-state index in [1.54, 1.807) is 0 Å². The maximum Gasteiger partial charge on any atom is 0.267 e. The van der Waals surface area contributed by atoms with E-state index in [2.05, 4.69) is 13.8 Å². The maximum absolute atomic E-state index is 13.2. The second kappa shape index (κ2) is 9.24. The first-order valence-electron chi connectivity index (χ1n) is 9.87. The maximum atomic E-state index is 13.2. The highest BCUT2D eigenvalue weighted by Gasteiger charge is 2.38. The van der Waals surface area contributed by atoms with Crippen LogP contribution in [0, 0.1) is 13.8 Å². The predicted octanol–water partition coefficient (Wildman–Crippen LogP) is 5.51. The fraction of sp³-hybridized carbons (Fsp3) is 0.333. The summed E-state index contributed by atoms with van der Waals surface area (Å²) in [6.45, 7) is 6.70. The molecular formula is C24H27NO2S. The molecule has 0 N–H and O–H groups in total. The van der Waals surface area contributed by atoms with Crippen LogP contribution in [0.2, 0.25) is 0 Å². The number of nitrogens with zero attached hydrogens (tertiary/aromatic N) is 1. The third-order valence-electron chi connectivity index (χ3n) is 5.13. The van der Waals surface area contributed by atoms with Gasteiger partial charge in [-0.15, -0.1) is 11.8 Å². The Morgan fingerprint density at radius 3 is 2.32 bits per heavy atom. The summed E-state index contributed by atoms with van der Waals surface area (Å²) in [6.07, 6.45) is 2.93. The zero-order valence-electron chi connectivity index (χ0n) is 16.8. The Balaban J connectivity index is 1.93. The molecule has 0 radical (unpaired) electrons. The van der Waals surface area contributed by atoms with Crippen molar-refractivity contribution < 1.29 is 9.59 Å². The van der Waals surface area contributed by atoms with Crippen molar-refractivity contribution in [3.63, 3.8) is 0 Å². The Morgan fingerprint density at radius 1 is 0.893 bits per heavy atom. The molecule has 2 amide bonds. The van der Waals surface area contributed by atoms with E-state index >= 15 is 0 Å². The largest absolute Gasteiger partial charge is 0.274 e. The van der Waals surface area contributed by atoms with Gasteiger partial charge in [-0.05, 0) is 42.5 Å². The van der Waals surface area contributed by atoms with Gasteiger partial charge in [-0.3, -0.25) is 14.5 Å². The number of imide groups is 1. The summed E-state index contributed by atoms with van der Waals surface area (Å²) < 4.78 is 0. The van der Waals surface area contributed by atoms with Crippen LogP contribution >= 0.6 is 11.8 Å². The molecule has 0 unspecified atom stereocenters. The summed E-state index contributed by atoms with van der Waals surface area (Å²) in [5.41, 5.74) is 4.85. The van der Waals surface area contributed by atoms with Crippen molar-refractivity contribution in [2.45, 2.75) is 45.8 Å². The van der Waals surface area contributed by atoms with Gasteiger partial charge in [0.1, 0.15) is 0 Å². The number of unbranched alkanes of at least 4 members (excludes halogenated alkanes) is 2. The van der Waals surface area contributed by atoms with E-state index in [0.717, 1.165) is 36.0 Å². The number of hydrogen-bond donors (Lipinski definition) is 0. The zero-order valence-corrected chi connectivity index (χ0v) is 17.6. The normalized spacial score (nSPS) is 14.3. The van der Waals surface area contributed by atoms with Crippen LogP contribution in [-0.4, -0.2) is 23.3 Å². The molecular weight excluding hydrogens is 366 g/mol. The van der Waals surface area contributed by atoms with Crippen LogP contribution in [0.4, 0.5) is 0 Å². The molecule has 0 atom stereocenters. The third kappa shape index (κ3) is 4.39. The molecule has 2 aromatic rings. The van der Waals surface area contributed by atoms with Gasteiger partial charge in [-0.1, -0.05) is 68.3 Å². The number of benzene rings is 2. The first-order valence-corrected chi connectivity index (χ1v) is 10.9. The van der Waals surface area contributed by atoms with Gasteiger partial charge in [-0.2, -0.15) is 0 Å². The van der Waals surface area contributed by atoms with E-state index in [4.69, 9.17) is 0 Å². The number of thioether (sulfide) groups is 1. The third-order valence-corrected chi connectivity index (χ3v) is 6.28. The smallest absolute Gasteiger partial charge is 0.267 e. The van der Waals surface area contributed by atoms with E-state index in [1.165, 1.54) is 22.2 Å². The number of carbonyl (C=O) groups is 2.